The second kappa shape index (κ2) is 3.61. The fourth-order valence-corrected chi connectivity index (χ4v) is 1.25. The molecule has 1 aliphatic rings. The molecule has 0 spiro atoms. The van der Waals surface area contributed by atoms with Crippen LogP contribution >= 0.6 is 0 Å². The van der Waals surface area contributed by atoms with E-state index in [-0.39, 0.29) is 12.2 Å². The lowest BCUT2D eigenvalue weighted by atomic mass is 10.0. The number of rotatable bonds is 3. The molecule has 68 valence electrons. The smallest absolute Gasteiger partial charge is 0.427 e. The largest absolute Gasteiger partial charge is 0.509 e. The van der Waals surface area contributed by atoms with E-state index >= 15 is 0 Å². The van der Waals surface area contributed by atoms with Gasteiger partial charge in [0.25, 0.3) is 0 Å². The maximum atomic E-state index is 10.7. The van der Waals surface area contributed by atoms with E-state index < -0.39 is 6.16 Å². The van der Waals surface area contributed by atoms with Gasteiger partial charge in [-0.25, -0.2) is 4.79 Å². The first-order valence-corrected chi connectivity index (χ1v) is 4.13. The van der Waals surface area contributed by atoms with Crippen LogP contribution in [0.4, 0.5) is 4.79 Å². The second-order valence-electron chi connectivity index (χ2n) is 3.35. The summed E-state index contributed by atoms with van der Waals surface area (Å²) in [6.45, 7) is 7.73. The van der Waals surface area contributed by atoms with Gasteiger partial charge in [0.05, 0.1) is 0 Å². The molecule has 1 aliphatic heterocycles. The number of ether oxygens (including phenoxy) is 2. The normalized spacial score (nSPS) is 28.4. The Morgan fingerprint density at radius 1 is 1.58 bits per heavy atom. The molecule has 1 fully saturated rings. The summed E-state index contributed by atoms with van der Waals surface area (Å²) in [5, 5.41) is 0. The Morgan fingerprint density at radius 3 is 2.75 bits per heavy atom. The van der Waals surface area contributed by atoms with Crippen molar-refractivity contribution in [2.75, 3.05) is 0 Å². The zero-order valence-corrected chi connectivity index (χ0v) is 7.45. The molecule has 0 bridgehead atoms. The Balaban J connectivity index is 2.51. The van der Waals surface area contributed by atoms with Gasteiger partial charge in [0.15, 0.2) is 6.10 Å². The first-order chi connectivity index (χ1) is 5.63. The van der Waals surface area contributed by atoms with Crippen LogP contribution in [0.2, 0.25) is 0 Å². The third-order valence-corrected chi connectivity index (χ3v) is 1.78. The summed E-state index contributed by atoms with van der Waals surface area (Å²) >= 11 is 0. The van der Waals surface area contributed by atoms with Crippen molar-refractivity contribution in [3.05, 3.63) is 12.7 Å². The van der Waals surface area contributed by atoms with Crippen LogP contribution in [-0.2, 0) is 9.47 Å². The predicted molar refractivity (Wildman–Crippen MR) is 44.8 cm³/mol. The third kappa shape index (κ3) is 2.00. The minimum Gasteiger partial charge on any atom is -0.427 e. The van der Waals surface area contributed by atoms with Crippen LogP contribution in [0.25, 0.3) is 0 Å². The molecule has 2 atom stereocenters. The van der Waals surface area contributed by atoms with Crippen LogP contribution in [0, 0.1) is 5.92 Å². The van der Waals surface area contributed by atoms with Gasteiger partial charge in [0.1, 0.15) is 6.10 Å². The van der Waals surface area contributed by atoms with E-state index in [2.05, 4.69) is 20.4 Å². The van der Waals surface area contributed by atoms with Crippen LogP contribution in [-0.4, -0.2) is 18.4 Å². The summed E-state index contributed by atoms with van der Waals surface area (Å²) in [7, 11) is 0. The van der Waals surface area contributed by atoms with Gasteiger partial charge in [-0.15, -0.1) is 0 Å². The van der Waals surface area contributed by atoms with E-state index in [1.54, 1.807) is 6.08 Å². The molecule has 0 aromatic carbocycles. The van der Waals surface area contributed by atoms with Crippen molar-refractivity contribution in [2.45, 2.75) is 32.5 Å². The molecular weight excluding hydrogens is 156 g/mol. The van der Waals surface area contributed by atoms with Crippen molar-refractivity contribution in [2.24, 2.45) is 5.92 Å². The van der Waals surface area contributed by atoms with Crippen LogP contribution in [0.15, 0.2) is 12.7 Å². The van der Waals surface area contributed by atoms with Crippen LogP contribution < -0.4 is 0 Å². The van der Waals surface area contributed by atoms with Gasteiger partial charge in [-0.1, -0.05) is 20.4 Å². The molecule has 0 saturated carbocycles. The van der Waals surface area contributed by atoms with E-state index in [0.29, 0.717) is 5.92 Å². The van der Waals surface area contributed by atoms with Gasteiger partial charge >= 0.3 is 6.16 Å². The molecule has 0 aromatic heterocycles. The summed E-state index contributed by atoms with van der Waals surface area (Å²) in [4.78, 5) is 10.7. The van der Waals surface area contributed by atoms with Crippen molar-refractivity contribution in [1.29, 1.82) is 0 Å². The van der Waals surface area contributed by atoms with Crippen LogP contribution in [0.3, 0.4) is 0 Å². The number of hydrogen-bond donors (Lipinski definition) is 0. The van der Waals surface area contributed by atoms with E-state index in [1.807, 2.05) is 0 Å². The SMILES string of the molecule is C=C[C@H]1OC(=O)O[C@H]1CC(C)C. The molecule has 1 rings (SSSR count). The minimum absolute atomic E-state index is 0.144. The molecule has 1 saturated heterocycles. The molecule has 12 heavy (non-hydrogen) atoms. The highest BCUT2D eigenvalue weighted by atomic mass is 16.8. The minimum atomic E-state index is -0.578. The van der Waals surface area contributed by atoms with E-state index in [0.717, 1.165) is 6.42 Å². The summed E-state index contributed by atoms with van der Waals surface area (Å²) < 4.78 is 9.79. The topological polar surface area (TPSA) is 35.5 Å². The zero-order chi connectivity index (χ0) is 9.14. The highest BCUT2D eigenvalue weighted by molar-refractivity contribution is 5.62. The monoisotopic (exact) mass is 170 g/mol. The molecule has 0 N–H and O–H groups in total. The van der Waals surface area contributed by atoms with Crippen molar-refractivity contribution < 1.29 is 14.3 Å². The Kier molecular flexibility index (Phi) is 2.74. The lowest BCUT2D eigenvalue weighted by molar-refractivity contribution is 0.113. The number of hydrogen-bond acceptors (Lipinski definition) is 3. The summed E-state index contributed by atoms with van der Waals surface area (Å²) in [6.07, 6.45) is 1.45. The van der Waals surface area contributed by atoms with Crippen molar-refractivity contribution in [3.63, 3.8) is 0 Å². The predicted octanol–water partition coefficient (Wildman–Crippen LogP) is 2.12. The molecule has 0 aromatic rings. The Bertz CT molecular complexity index is 186. The van der Waals surface area contributed by atoms with Gasteiger partial charge < -0.3 is 9.47 Å². The molecule has 0 aliphatic carbocycles. The molecule has 0 amide bonds. The Labute approximate surface area is 72.4 Å². The molecule has 0 radical (unpaired) electrons. The average Bonchev–Trinajstić information content (AvgIpc) is 2.29. The van der Waals surface area contributed by atoms with Crippen molar-refractivity contribution >= 4 is 6.16 Å². The number of carbonyl (C=O) groups excluding carboxylic acids is 1. The lowest BCUT2D eigenvalue weighted by Crippen LogP contribution is -2.21. The zero-order valence-electron chi connectivity index (χ0n) is 7.45. The van der Waals surface area contributed by atoms with Gasteiger partial charge in [0.2, 0.25) is 0 Å². The van der Waals surface area contributed by atoms with Gasteiger partial charge in [-0.3, -0.25) is 0 Å². The highest BCUT2D eigenvalue weighted by Crippen LogP contribution is 2.21. The third-order valence-electron chi connectivity index (χ3n) is 1.78. The number of cyclic esters (lactones) is 2. The maximum absolute atomic E-state index is 10.7. The fraction of sp³-hybridized carbons (Fsp3) is 0.667. The quantitative estimate of drug-likeness (QED) is 0.480. The van der Waals surface area contributed by atoms with Crippen LogP contribution in [0.1, 0.15) is 20.3 Å². The standard InChI is InChI=1S/C9H14O3/c1-4-7-8(5-6(2)3)12-9(10)11-7/h4,6-8H,1,5H2,2-3H3/t7-,8+/m1/s1. The second-order valence-corrected chi connectivity index (χ2v) is 3.35. The highest BCUT2D eigenvalue weighted by Gasteiger charge is 2.34. The number of carbonyl (C=O) groups is 1. The van der Waals surface area contributed by atoms with Gasteiger partial charge in [0, 0.05) is 0 Å². The molecular formula is C9H14O3. The maximum Gasteiger partial charge on any atom is 0.509 e. The Hall–Kier alpha value is -0.990. The molecule has 3 heteroatoms. The van der Waals surface area contributed by atoms with E-state index in [9.17, 15) is 4.79 Å². The summed E-state index contributed by atoms with van der Waals surface area (Å²) in [6, 6.07) is 0. The van der Waals surface area contributed by atoms with E-state index in [1.165, 1.54) is 0 Å². The first-order valence-electron chi connectivity index (χ1n) is 4.13. The first kappa shape index (κ1) is 9.10. The Morgan fingerprint density at radius 2 is 2.25 bits per heavy atom. The summed E-state index contributed by atoms with van der Waals surface area (Å²) in [5.74, 6) is 0.493. The van der Waals surface area contributed by atoms with Crippen LogP contribution in [0.5, 0.6) is 0 Å². The van der Waals surface area contributed by atoms with E-state index in [4.69, 9.17) is 9.47 Å². The van der Waals surface area contributed by atoms with Crippen molar-refractivity contribution in [1.82, 2.24) is 0 Å². The molecule has 3 nitrogen and oxygen atoms in total. The average molecular weight is 170 g/mol. The van der Waals surface area contributed by atoms with Gasteiger partial charge in [-0.05, 0) is 18.4 Å². The van der Waals surface area contributed by atoms with Gasteiger partial charge in [-0.2, -0.15) is 0 Å². The fourth-order valence-electron chi connectivity index (χ4n) is 1.25. The van der Waals surface area contributed by atoms with Crippen molar-refractivity contribution in [3.8, 4) is 0 Å². The summed E-state index contributed by atoms with van der Waals surface area (Å²) in [5.41, 5.74) is 0. The molecule has 1 heterocycles. The lowest BCUT2D eigenvalue weighted by Gasteiger charge is -2.13. The molecule has 0 unspecified atom stereocenters.